The molecule has 3 nitrogen and oxygen atoms in total. The van der Waals surface area contributed by atoms with Crippen LogP contribution in [0, 0.1) is 0 Å². The van der Waals surface area contributed by atoms with Crippen LogP contribution in [0.3, 0.4) is 0 Å². The number of rotatable bonds is 3. The summed E-state index contributed by atoms with van der Waals surface area (Å²) >= 11 is 0. The van der Waals surface area contributed by atoms with Crippen LogP contribution in [0.5, 0.6) is 11.5 Å². The van der Waals surface area contributed by atoms with E-state index < -0.39 is 0 Å². The van der Waals surface area contributed by atoms with Gasteiger partial charge in [0.1, 0.15) is 11.5 Å². The molecule has 0 aliphatic rings. The number of benzene rings is 2. The number of hydrogen-bond acceptors (Lipinski definition) is 2. The molecule has 0 heterocycles. The molecule has 0 atom stereocenters. The Morgan fingerprint density at radius 2 is 1.60 bits per heavy atom. The predicted octanol–water partition coefficient (Wildman–Crippen LogP) is 4.01. The van der Waals surface area contributed by atoms with Gasteiger partial charge in [-0.05, 0) is 51.1 Å². The van der Waals surface area contributed by atoms with Crippen LogP contribution in [0.15, 0.2) is 54.6 Å². The van der Waals surface area contributed by atoms with Gasteiger partial charge in [-0.25, -0.2) is 0 Å². The van der Waals surface area contributed by atoms with Gasteiger partial charge < -0.3 is 10.1 Å². The van der Waals surface area contributed by atoms with Gasteiger partial charge in [-0.15, -0.1) is 0 Å². The first-order valence-electron chi connectivity index (χ1n) is 6.59. The van der Waals surface area contributed by atoms with Gasteiger partial charge in [0.05, 0.1) is 0 Å². The first-order valence-corrected chi connectivity index (χ1v) is 6.59. The van der Waals surface area contributed by atoms with E-state index >= 15 is 0 Å². The second-order valence-corrected chi connectivity index (χ2v) is 5.65. The third-order valence-corrected chi connectivity index (χ3v) is 2.56. The van der Waals surface area contributed by atoms with Crippen LogP contribution < -0.4 is 10.1 Å². The van der Waals surface area contributed by atoms with Gasteiger partial charge in [0.25, 0.3) is 5.91 Å². The van der Waals surface area contributed by atoms with Gasteiger partial charge in [-0.2, -0.15) is 0 Å². The third kappa shape index (κ3) is 4.12. The Morgan fingerprint density at radius 3 is 2.25 bits per heavy atom. The highest BCUT2D eigenvalue weighted by Crippen LogP contribution is 2.22. The van der Waals surface area contributed by atoms with E-state index in [4.69, 9.17) is 4.74 Å². The van der Waals surface area contributed by atoms with E-state index in [1.165, 1.54) is 0 Å². The number of amides is 1. The number of para-hydroxylation sites is 1. The molecule has 20 heavy (non-hydrogen) atoms. The van der Waals surface area contributed by atoms with Crippen LogP contribution in [-0.4, -0.2) is 11.4 Å². The molecule has 1 N–H and O–H groups in total. The average molecular weight is 269 g/mol. The van der Waals surface area contributed by atoms with Crippen LogP contribution in [-0.2, 0) is 0 Å². The summed E-state index contributed by atoms with van der Waals surface area (Å²) in [7, 11) is 0. The summed E-state index contributed by atoms with van der Waals surface area (Å²) in [6, 6.07) is 16.7. The monoisotopic (exact) mass is 269 g/mol. The number of carbonyl (C=O) groups excluding carboxylic acids is 1. The fourth-order valence-corrected chi connectivity index (χ4v) is 1.74. The van der Waals surface area contributed by atoms with Crippen molar-refractivity contribution >= 4 is 5.91 Å². The molecule has 104 valence electrons. The van der Waals surface area contributed by atoms with Crippen LogP contribution in [0.25, 0.3) is 0 Å². The molecule has 0 fully saturated rings. The van der Waals surface area contributed by atoms with E-state index in [0.29, 0.717) is 11.3 Å². The van der Waals surface area contributed by atoms with Crippen molar-refractivity contribution in [2.75, 3.05) is 0 Å². The minimum atomic E-state index is -0.257. The zero-order valence-corrected chi connectivity index (χ0v) is 12.0. The summed E-state index contributed by atoms with van der Waals surface area (Å²) in [6.07, 6.45) is 0. The molecule has 2 aromatic rings. The fraction of sp³-hybridized carbons (Fsp3) is 0.235. The smallest absolute Gasteiger partial charge is 0.251 e. The first-order chi connectivity index (χ1) is 9.44. The number of nitrogens with one attached hydrogen (secondary N) is 1. The molecule has 0 saturated heterocycles. The molecular formula is C17H19NO2. The van der Waals surface area contributed by atoms with Crippen molar-refractivity contribution < 1.29 is 9.53 Å². The Bertz CT molecular complexity index is 585. The molecular weight excluding hydrogens is 250 g/mol. The van der Waals surface area contributed by atoms with E-state index in [1.54, 1.807) is 12.1 Å². The van der Waals surface area contributed by atoms with Gasteiger partial charge >= 0.3 is 0 Å². The van der Waals surface area contributed by atoms with Crippen LogP contribution in [0.4, 0.5) is 0 Å². The second kappa shape index (κ2) is 5.78. The Morgan fingerprint density at radius 1 is 0.950 bits per heavy atom. The lowest BCUT2D eigenvalue weighted by atomic mass is 10.1. The standard InChI is InChI=1S/C17H19NO2/c1-17(2,3)18-16(19)13-8-7-11-15(12-13)20-14-9-5-4-6-10-14/h4-12H,1-3H3,(H,18,19). The summed E-state index contributed by atoms with van der Waals surface area (Å²) < 4.78 is 5.72. The summed E-state index contributed by atoms with van der Waals surface area (Å²) in [5.74, 6) is 1.30. The van der Waals surface area contributed by atoms with Crippen molar-refractivity contribution in [2.24, 2.45) is 0 Å². The van der Waals surface area contributed by atoms with E-state index in [1.807, 2.05) is 63.2 Å². The third-order valence-electron chi connectivity index (χ3n) is 2.56. The summed E-state index contributed by atoms with van der Waals surface area (Å²) in [5, 5.41) is 2.93. The number of carbonyl (C=O) groups is 1. The van der Waals surface area contributed by atoms with Crippen molar-refractivity contribution in [2.45, 2.75) is 26.3 Å². The largest absolute Gasteiger partial charge is 0.457 e. The minimum Gasteiger partial charge on any atom is -0.457 e. The van der Waals surface area contributed by atoms with E-state index in [9.17, 15) is 4.79 Å². The molecule has 0 aliphatic carbocycles. The lowest BCUT2D eigenvalue weighted by molar-refractivity contribution is 0.0919. The lowest BCUT2D eigenvalue weighted by Gasteiger charge is -2.20. The highest BCUT2D eigenvalue weighted by atomic mass is 16.5. The van der Waals surface area contributed by atoms with Crippen molar-refractivity contribution in [3.05, 3.63) is 60.2 Å². The van der Waals surface area contributed by atoms with Crippen LogP contribution in [0.1, 0.15) is 31.1 Å². The Balaban J connectivity index is 2.14. The van der Waals surface area contributed by atoms with Crippen molar-refractivity contribution in [1.82, 2.24) is 5.32 Å². The Kier molecular flexibility index (Phi) is 4.08. The molecule has 0 unspecified atom stereocenters. The molecule has 0 bridgehead atoms. The van der Waals surface area contributed by atoms with Crippen molar-refractivity contribution in [1.29, 1.82) is 0 Å². The maximum atomic E-state index is 12.1. The SMILES string of the molecule is CC(C)(C)NC(=O)c1cccc(Oc2ccccc2)c1. The maximum absolute atomic E-state index is 12.1. The molecule has 0 spiro atoms. The summed E-state index contributed by atoms with van der Waals surface area (Å²) in [6.45, 7) is 5.86. The molecule has 3 heteroatoms. The lowest BCUT2D eigenvalue weighted by Crippen LogP contribution is -2.40. The predicted molar refractivity (Wildman–Crippen MR) is 80.2 cm³/mol. The zero-order chi connectivity index (χ0) is 14.6. The second-order valence-electron chi connectivity index (χ2n) is 5.65. The van der Waals surface area contributed by atoms with Crippen molar-refractivity contribution in [3.63, 3.8) is 0 Å². The molecule has 0 radical (unpaired) electrons. The fourth-order valence-electron chi connectivity index (χ4n) is 1.74. The van der Waals surface area contributed by atoms with Gasteiger partial charge in [0.15, 0.2) is 0 Å². The van der Waals surface area contributed by atoms with Gasteiger partial charge in [0, 0.05) is 11.1 Å². The Labute approximate surface area is 119 Å². The molecule has 0 saturated carbocycles. The molecule has 0 aromatic heterocycles. The minimum absolute atomic E-state index is 0.101. The number of ether oxygens (including phenoxy) is 1. The first kappa shape index (κ1) is 14.1. The van der Waals surface area contributed by atoms with Crippen molar-refractivity contribution in [3.8, 4) is 11.5 Å². The molecule has 1 amide bonds. The van der Waals surface area contributed by atoms with Gasteiger partial charge in [0.2, 0.25) is 0 Å². The molecule has 0 aliphatic heterocycles. The maximum Gasteiger partial charge on any atom is 0.251 e. The van der Waals surface area contributed by atoms with E-state index in [-0.39, 0.29) is 11.4 Å². The Hall–Kier alpha value is -2.29. The molecule has 2 aromatic carbocycles. The average Bonchev–Trinajstić information content (AvgIpc) is 2.38. The summed E-state index contributed by atoms with van der Waals surface area (Å²) in [5.41, 5.74) is 0.334. The highest BCUT2D eigenvalue weighted by Gasteiger charge is 2.15. The number of hydrogen-bond donors (Lipinski definition) is 1. The van der Waals surface area contributed by atoms with Crippen LogP contribution in [0.2, 0.25) is 0 Å². The highest BCUT2D eigenvalue weighted by molar-refractivity contribution is 5.95. The van der Waals surface area contributed by atoms with E-state index in [0.717, 1.165) is 5.75 Å². The summed E-state index contributed by atoms with van der Waals surface area (Å²) in [4.78, 5) is 12.1. The topological polar surface area (TPSA) is 38.3 Å². The van der Waals surface area contributed by atoms with E-state index in [2.05, 4.69) is 5.32 Å². The van der Waals surface area contributed by atoms with Crippen LogP contribution >= 0.6 is 0 Å². The normalized spacial score (nSPS) is 10.9. The zero-order valence-electron chi connectivity index (χ0n) is 12.0. The quantitative estimate of drug-likeness (QED) is 0.914. The molecule has 2 rings (SSSR count). The van der Waals surface area contributed by atoms with Gasteiger partial charge in [-0.1, -0.05) is 24.3 Å². The van der Waals surface area contributed by atoms with Gasteiger partial charge in [-0.3, -0.25) is 4.79 Å².